The molecular formula is C68H106O38. The zero-order chi connectivity index (χ0) is 76.5. The second-order valence-corrected chi connectivity index (χ2v) is 31.6. The fourth-order valence-corrected chi connectivity index (χ4v) is 19.3. The Morgan fingerprint density at radius 3 is 1.87 bits per heavy atom. The van der Waals surface area contributed by atoms with Gasteiger partial charge in [-0.15, -0.1) is 0 Å². The molecule has 0 bridgehead atoms. The van der Waals surface area contributed by atoms with E-state index in [9.17, 15) is 107 Å². The van der Waals surface area contributed by atoms with Crippen LogP contribution in [0.15, 0.2) is 23.8 Å². The number of fused-ring (bicyclic) bond motifs is 7. The van der Waals surface area contributed by atoms with Crippen molar-refractivity contribution in [1.82, 2.24) is 0 Å². The summed E-state index contributed by atoms with van der Waals surface area (Å²) >= 11 is 0. The molecular weight excluding hydrogens is 1420 g/mol. The van der Waals surface area contributed by atoms with Crippen LogP contribution < -0.4 is 0 Å². The number of aliphatic hydroxyl groups excluding tert-OH is 19. The van der Waals surface area contributed by atoms with E-state index in [1.54, 1.807) is 0 Å². The third-order valence-corrected chi connectivity index (χ3v) is 25.3. The Labute approximate surface area is 608 Å². The maximum Gasteiger partial charge on any atom is 0.303 e. The number of hydrogen-bond acceptors (Lipinski definition) is 38. The molecule has 106 heavy (non-hydrogen) atoms. The molecule has 4 aliphatic carbocycles. The van der Waals surface area contributed by atoms with E-state index in [1.165, 1.54) is 13.8 Å². The van der Waals surface area contributed by atoms with E-state index in [2.05, 4.69) is 19.6 Å². The Morgan fingerprint density at radius 1 is 0.585 bits per heavy atom. The summed E-state index contributed by atoms with van der Waals surface area (Å²) in [4.78, 5) is 12.6. The molecule has 38 heteroatoms. The van der Waals surface area contributed by atoms with Crippen LogP contribution >= 0.6 is 0 Å². The molecule has 3 saturated carbocycles. The lowest BCUT2D eigenvalue weighted by atomic mass is 9.46. The van der Waals surface area contributed by atoms with Crippen LogP contribution in [0, 0.1) is 40.4 Å². The average molecular weight is 1530 g/mol. The van der Waals surface area contributed by atoms with Crippen LogP contribution in [0.3, 0.4) is 0 Å². The Morgan fingerprint density at radius 2 is 1.19 bits per heavy atom. The number of ether oxygens (including phenoxy) is 17. The number of aliphatic hydroxyl groups is 20. The quantitative estimate of drug-likeness (QED) is 0.0422. The summed E-state index contributed by atoms with van der Waals surface area (Å²) in [5, 5.41) is 222. The minimum Gasteiger partial charge on any atom is -0.457 e. The molecule has 606 valence electrons. The summed E-state index contributed by atoms with van der Waals surface area (Å²) < 4.78 is 106. The first-order valence-electron chi connectivity index (χ1n) is 36.5. The standard InChI is InChI=1S/C68H106O38/c1-22-16-94-68(56(87)50(22)101-59-47(84)43(80)39(76)23(2)95-59)31(17-90-62-54(45(82)42(79)36(15-70)99-62)104-60-48(85)44(81)41(78)35(14-69)98-60)38-34(106-68)13-30-28-8-7-26-11-27(73)12-37(66(26,6)29(28)9-10-65(30,38)5)100-63-55(52(33(75)19-92-63)102-58-46(83)40(77)32(74)18-91-58)105-61-49(86)53(51(24(3)96-61)97-25(4)72)103-64-57(88)67(89,20-71)21-93-64/h7,23-24,27-64,69-71,73-89H,1,8-21H2,2-6H3. The van der Waals surface area contributed by atoms with Crippen LogP contribution in [0.5, 0.6) is 0 Å². The van der Waals surface area contributed by atoms with Crippen molar-refractivity contribution in [3.05, 3.63) is 23.8 Å². The largest absolute Gasteiger partial charge is 0.457 e. The number of rotatable bonds is 19. The van der Waals surface area contributed by atoms with Gasteiger partial charge in [0.05, 0.1) is 83.4 Å². The van der Waals surface area contributed by atoms with E-state index in [4.69, 9.17) is 80.5 Å². The van der Waals surface area contributed by atoms with Crippen LogP contribution in [0.2, 0.25) is 0 Å². The molecule has 9 saturated heterocycles. The summed E-state index contributed by atoms with van der Waals surface area (Å²) in [5.41, 5.74) is -2.98. The predicted octanol–water partition coefficient (Wildman–Crippen LogP) is -9.17. The van der Waals surface area contributed by atoms with Crippen LogP contribution in [0.25, 0.3) is 0 Å². The van der Waals surface area contributed by atoms with Crippen molar-refractivity contribution >= 4 is 5.97 Å². The lowest BCUT2D eigenvalue weighted by Gasteiger charge is -2.61. The Bertz CT molecular complexity index is 3050. The van der Waals surface area contributed by atoms with Crippen molar-refractivity contribution in [2.24, 2.45) is 40.4 Å². The number of hydrogen-bond donors (Lipinski definition) is 20. The first kappa shape index (κ1) is 81.5. The summed E-state index contributed by atoms with van der Waals surface area (Å²) in [5.74, 6) is -5.46. The molecule has 0 aromatic heterocycles. The van der Waals surface area contributed by atoms with Crippen LogP contribution in [0.1, 0.15) is 73.1 Å². The molecule has 0 amide bonds. The third-order valence-electron chi connectivity index (χ3n) is 25.3. The van der Waals surface area contributed by atoms with E-state index in [0.29, 0.717) is 25.7 Å². The Balaban J connectivity index is 0.812. The second-order valence-electron chi connectivity index (χ2n) is 31.6. The van der Waals surface area contributed by atoms with Crippen molar-refractivity contribution in [2.75, 3.05) is 52.9 Å². The molecule has 1 spiro atoms. The first-order valence-corrected chi connectivity index (χ1v) is 36.5. The molecule has 9 heterocycles. The van der Waals surface area contributed by atoms with Crippen LogP contribution in [-0.2, 0) is 85.3 Å². The summed E-state index contributed by atoms with van der Waals surface area (Å²) in [6.45, 7) is 6.99. The minimum atomic E-state index is -2.20. The lowest BCUT2D eigenvalue weighted by molar-refractivity contribution is -0.387. The third kappa shape index (κ3) is 14.3. The molecule has 0 aromatic carbocycles. The van der Waals surface area contributed by atoms with Gasteiger partial charge in [0.15, 0.2) is 50.1 Å². The number of allylic oxidation sites excluding steroid dienone is 1. The fraction of sp³-hybridized carbons (Fsp3) is 0.926. The zero-order valence-corrected chi connectivity index (χ0v) is 59.1. The summed E-state index contributed by atoms with van der Waals surface area (Å²) in [7, 11) is 0. The monoisotopic (exact) mass is 1530 g/mol. The molecule has 0 radical (unpaired) electrons. The van der Waals surface area contributed by atoms with E-state index >= 15 is 0 Å². The number of carbonyl (C=O) groups excluding carboxylic acids is 1. The van der Waals surface area contributed by atoms with Crippen molar-refractivity contribution < 1.29 is 187 Å². The normalized spacial score (nSPS) is 55.4. The highest BCUT2D eigenvalue weighted by atomic mass is 16.8. The van der Waals surface area contributed by atoms with Gasteiger partial charge in [-0.1, -0.05) is 32.1 Å². The van der Waals surface area contributed by atoms with Gasteiger partial charge in [0.1, 0.15) is 140 Å². The molecule has 20 N–H and O–H groups in total. The predicted molar refractivity (Wildman–Crippen MR) is 340 cm³/mol. The van der Waals surface area contributed by atoms with Crippen LogP contribution in [-0.4, -0.2) is 387 Å². The topological polar surface area (TPSA) is 579 Å². The highest BCUT2D eigenvalue weighted by molar-refractivity contribution is 5.66. The molecule has 13 rings (SSSR count). The Kier molecular flexibility index (Phi) is 24.4. The van der Waals surface area contributed by atoms with Gasteiger partial charge < -0.3 is 183 Å². The van der Waals surface area contributed by atoms with Gasteiger partial charge in [0, 0.05) is 30.6 Å². The smallest absolute Gasteiger partial charge is 0.303 e. The van der Waals surface area contributed by atoms with Crippen molar-refractivity contribution in [1.29, 1.82) is 0 Å². The van der Waals surface area contributed by atoms with Gasteiger partial charge >= 0.3 is 5.97 Å². The molecule has 44 unspecified atom stereocenters. The van der Waals surface area contributed by atoms with Crippen LogP contribution in [0.4, 0.5) is 0 Å². The number of esters is 1. The molecule has 38 nitrogen and oxygen atoms in total. The van der Waals surface area contributed by atoms with Crippen molar-refractivity contribution in [2.45, 2.75) is 299 Å². The highest BCUT2D eigenvalue weighted by Gasteiger charge is 2.74. The van der Waals surface area contributed by atoms with Gasteiger partial charge in [0.2, 0.25) is 5.79 Å². The molecule has 13 aliphatic rings. The molecule has 9 aliphatic heterocycles. The van der Waals surface area contributed by atoms with Gasteiger partial charge in [0.25, 0.3) is 0 Å². The molecule has 12 fully saturated rings. The zero-order valence-electron chi connectivity index (χ0n) is 59.1. The maximum atomic E-state index is 13.0. The van der Waals surface area contributed by atoms with Gasteiger partial charge in [-0.2, -0.15) is 0 Å². The highest BCUT2D eigenvalue weighted by Crippen LogP contribution is 2.71. The van der Waals surface area contributed by atoms with Gasteiger partial charge in [-0.25, -0.2) is 0 Å². The van der Waals surface area contributed by atoms with E-state index < -0.39 is 301 Å². The minimum absolute atomic E-state index is 0.0216. The van der Waals surface area contributed by atoms with Gasteiger partial charge in [-0.3, -0.25) is 4.79 Å². The summed E-state index contributed by atoms with van der Waals surface area (Å²) in [6, 6.07) is 0. The summed E-state index contributed by atoms with van der Waals surface area (Å²) in [6.07, 6.45) is -53.7. The van der Waals surface area contributed by atoms with Crippen molar-refractivity contribution in [3.8, 4) is 0 Å². The lowest BCUT2D eigenvalue weighted by Crippen LogP contribution is -2.66. The molecule has 44 atom stereocenters. The second kappa shape index (κ2) is 31.7. The Hall–Kier alpha value is -2.49. The average Bonchev–Trinajstić information content (AvgIpc) is 1.50. The van der Waals surface area contributed by atoms with E-state index in [-0.39, 0.29) is 42.8 Å². The SMILES string of the molecule is C=C1COC2(OC3CC4C5CC=C6CC(O)CC(OC7OCC(O)C(OC8OCC(O)C(O)C8O)C7OC7OC(C)C(OC(C)=O)C(OC8OCC(O)(CO)C8O)C7O)C6(C)C5CCC4(C)C3C2COC2OC(CO)C(O)C(O)C2OC2OC(CO)C(O)C(O)C2O)C(O)C1OC1OC(C)C(O)C(O)C1O. The van der Waals surface area contributed by atoms with Gasteiger partial charge in [-0.05, 0) is 74.7 Å². The van der Waals surface area contributed by atoms with Crippen molar-refractivity contribution in [3.63, 3.8) is 0 Å². The fourth-order valence-electron chi connectivity index (χ4n) is 19.3. The molecule has 0 aromatic rings. The first-order chi connectivity index (χ1) is 50.1. The number of carbonyl (C=O) groups is 1. The van der Waals surface area contributed by atoms with E-state index in [1.807, 2.05) is 6.92 Å². The van der Waals surface area contributed by atoms with E-state index in [0.717, 1.165) is 12.5 Å². The maximum absolute atomic E-state index is 13.0.